The molecule has 10 aromatic carbocycles. The van der Waals surface area contributed by atoms with E-state index in [-0.39, 0.29) is 0 Å². The van der Waals surface area contributed by atoms with E-state index in [1.54, 1.807) is 0 Å². The summed E-state index contributed by atoms with van der Waals surface area (Å²) >= 11 is 0. The number of anilines is 6. The minimum Gasteiger partial charge on any atom is -0.456 e. The Balaban J connectivity index is 0.950. The first kappa shape index (κ1) is 40.7. The number of para-hydroxylation sites is 6. The van der Waals surface area contributed by atoms with Crippen molar-refractivity contribution in [3.8, 4) is 5.69 Å². The number of allylic oxidation sites excluding steroid dienone is 4. The van der Waals surface area contributed by atoms with Crippen LogP contribution in [0.2, 0.25) is 0 Å². The largest absolute Gasteiger partial charge is 0.456 e. The lowest BCUT2D eigenvalue weighted by Crippen LogP contribution is -2.14. The van der Waals surface area contributed by atoms with Crippen LogP contribution in [0.15, 0.2) is 258 Å². The molecule has 13 aromatic rings. The molecule has 0 spiro atoms. The molecule has 1 aliphatic rings. The van der Waals surface area contributed by atoms with E-state index in [1.807, 2.05) is 24.3 Å². The normalized spacial score (nSPS) is 12.8. The third kappa shape index (κ3) is 7.01. The van der Waals surface area contributed by atoms with Gasteiger partial charge < -0.3 is 23.2 Å². The molecule has 0 N–H and O–H groups in total. The summed E-state index contributed by atoms with van der Waals surface area (Å²) < 4.78 is 15.1. The molecule has 0 unspecified atom stereocenters. The first-order valence-corrected chi connectivity index (χ1v) is 24.4. The van der Waals surface area contributed by atoms with Crippen molar-refractivity contribution in [2.45, 2.75) is 12.8 Å². The Morgan fingerprint density at radius 3 is 1.32 bits per heavy atom. The van der Waals surface area contributed by atoms with Gasteiger partial charge in [-0.3, -0.25) is 0 Å². The first-order chi connectivity index (χ1) is 35.2. The molecular weight excluding hydrogens is 867 g/mol. The molecule has 0 saturated heterocycles. The predicted octanol–water partition coefficient (Wildman–Crippen LogP) is 18.8. The third-order valence-corrected chi connectivity index (χ3v) is 14.3. The fraction of sp³-hybridized carbons (Fsp3) is 0.0303. The summed E-state index contributed by atoms with van der Waals surface area (Å²) in [5, 5.41) is 6.88. The smallest absolute Gasteiger partial charge is 0.135 e. The van der Waals surface area contributed by atoms with E-state index in [1.165, 1.54) is 49.8 Å². The van der Waals surface area contributed by atoms with E-state index >= 15 is 0 Å². The van der Waals surface area contributed by atoms with Crippen LogP contribution < -0.4 is 9.80 Å². The van der Waals surface area contributed by atoms with Crippen LogP contribution in [0.5, 0.6) is 0 Å². The molecule has 14 rings (SSSR count). The van der Waals surface area contributed by atoms with Gasteiger partial charge in [0.25, 0.3) is 0 Å². The first-order valence-electron chi connectivity index (χ1n) is 24.4. The van der Waals surface area contributed by atoms with Crippen molar-refractivity contribution in [1.29, 1.82) is 0 Å². The SMILES string of the molecule is C1=C(c2cc(N(c3ccccc3)c3ccc4oc5ccccc5c4c3)cc(N(c3ccccc3)c3ccc4oc5ccccc5c4c3)c2)CCC(c2ccc3c(c2)c2ccccc2n3-c2ccccc2)=C1. The van der Waals surface area contributed by atoms with Crippen molar-refractivity contribution in [3.05, 3.63) is 260 Å². The zero-order valence-electron chi connectivity index (χ0n) is 38.7. The van der Waals surface area contributed by atoms with Gasteiger partial charge in [-0.25, -0.2) is 0 Å². The molecule has 336 valence electrons. The summed E-state index contributed by atoms with van der Waals surface area (Å²) in [6.07, 6.45) is 6.50. The molecule has 0 fully saturated rings. The van der Waals surface area contributed by atoms with Gasteiger partial charge in [-0.15, -0.1) is 0 Å². The summed E-state index contributed by atoms with van der Waals surface area (Å²) in [7, 11) is 0. The van der Waals surface area contributed by atoms with E-state index in [0.717, 1.165) is 90.8 Å². The molecule has 0 saturated carbocycles. The number of nitrogens with zero attached hydrogens (tertiary/aromatic N) is 3. The minimum atomic E-state index is 0.867. The molecule has 0 amide bonds. The standard InChI is InChI=1S/C66H45N3O2/c1-4-16-48(17-5-1)67(51-33-36-65-59(42-51)56-23-11-14-26-63(56)70-65)53-38-47(39-54(41-53)68(49-18-6-2-7-19-49)52-34-37-66-60(43-52)57-24-12-15-27-64(57)71-66)45-30-28-44(29-31-45)46-32-35-62-58(40-46)55-22-10-13-25-61(55)69(62)50-20-8-3-9-21-50/h1-28,30,32-43H,29,31H2. The number of rotatable bonds is 9. The van der Waals surface area contributed by atoms with Crippen molar-refractivity contribution in [2.24, 2.45) is 0 Å². The van der Waals surface area contributed by atoms with Crippen molar-refractivity contribution >= 4 is 111 Å². The van der Waals surface area contributed by atoms with Crippen LogP contribution in [0.3, 0.4) is 0 Å². The fourth-order valence-corrected chi connectivity index (χ4v) is 10.9. The van der Waals surface area contributed by atoms with Crippen LogP contribution in [0.1, 0.15) is 24.0 Å². The van der Waals surface area contributed by atoms with Crippen molar-refractivity contribution < 1.29 is 8.83 Å². The maximum absolute atomic E-state index is 6.35. The van der Waals surface area contributed by atoms with E-state index < -0.39 is 0 Å². The van der Waals surface area contributed by atoms with Gasteiger partial charge in [-0.1, -0.05) is 127 Å². The Kier molecular flexibility index (Phi) is 9.59. The molecule has 5 nitrogen and oxygen atoms in total. The lowest BCUT2D eigenvalue weighted by Gasteiger charge is -2.31. The highest BCUT2D eigenvalue weighted by Gasteiger charge is 2.23. The molecule has 5 heteroatoms. The molecule has 3 aromatic heterocycles. The van der Waals surface area contributed by atoms with Crippen LogP contribution >= 0.6 is 0 Å². The minimum absolute atomic E-state index is 0.867. The molecule has 1 aliphatic carbocycles. The van der Waals surface area contributed by atoms with Crippen molar-refractivity contribution in [1.82, 2.24) is 4.57 Å². The van der Waals surface area contributed by atoms with Crippen LogP contribution in [0.25, 0.3) is 82.5 Å². The van der Waals surface area contributed by atoms with E-state index in [2.05, 4.69) is 239 Å². The second kappa shape index (κ2) is 16.7. The highest BCUT2D eigenvalue weighted by Crippen LogP contribution is 2.46. The monoisotopic (exact) mass is 911 g/mol. The van der Waals surface area contributed by atoms with Gasteiger partial charge >= 0.3 is 0 Å². The number of hydrogen-bond acceptors (Lipinski definition) is 4. The average Bonchev–Trinajstić information content (AvgIpc) is 4.11. The topological polar surface area (TPSA) is 37.7 Å². The van der Waals surface area contributed by atoms with Crippen LogP contribution in [0, 0.1) is 0 Å². The van der Waals surface area contributed by atoms with Crippen LogP contribution in [-0.2, 0) is 0 Å². The number of hydrogen-bond donors (Lipinski definition) is 0. The van der Waals surface area contributed by atoms with Gasteiger partial charge in [0.05, 0.1) is 11.0 Å². The average molecular weight is 912 g/mol. The maximum Gasteiger partial charge on any atom is 0.135 e. The Bertz CT molecular complexity index is 4060. The van der Waals surface area contributed by atoms with Gasteiger partial charge in [0, 0.05) is 72.1 Å². The highest BCUT2D eigenvalue weighted by molar-refractivity contribution is 6.11. The maximum atomic E-state index is 6.35. The second-order valence-corrected chi connectivity index (χ2v) is 18.4. The molecule has 0 radical (unpaired) electrons. The number of aromatic nitrogens is 1. The van der Waals surface area contributed by atoms with E-state index in [4.69, 9.17) is 8.83 Å². The quantitative estimate of drug-likeness (QED) is 0.145. The fourth-order valence-electron chi connectivity index (χ4n) is 10.9. The lowest BCUT2D eigenvalue weighted by molar-refractivity contribution is 0.668. The third-order valence-electron chi connectivity index (χ3n) is 14.3. The summed E-state index contributed by atoms with van der Waals surface area (Å²) in [4.78, 5) is 4.77. The van der Waals surface area contributed by atoms with Crippen molar-refractivity contribution in [2.75, 3.05) is 9.80 Å². The zero-order valence-corrected chi connectivity index (χ0v) is 38.7. The van der Waals surface area contributed by atoms with Gasteiger partial charge in [0.2, 0.25) is 0 Å². The molecule has 0 bridgehead atoms. The van der Waals surface area contributed by atoms with E-state index in [0.29, 0.717) is 0 Å². The summed E-state index contributed by atoms with van der Waals surface area (Å²) in [6, 6.07) is 84.7. The Labute approximate surface area is 410 Å². The highest BCUT2D eigenvalue weighted by atomic mass is 16.3. The second-order valence-electron chi connectivity index (χ2n) is 18.4. The molecular formula is C66H45N3O2. The molecule has 3 heterocycles. The summed E-state index contributed by atoms with van der Waals surface area (Å²) in [5.41, 5.74) is 18.4. The Morgan fingerprint density at radius 2 is 0.761 bits per heavy atom. The molecule has 0 aliphatic heterocycles. The van der Waals surface area contributed by atoms with Crippen LogP contribution in [-0.4, -0.2) is 4.57 Å². The number of furan rings is 2. The zero-order chi connectivity index (χ0) is 46.8. The molecule has 0 atom stereocenters. The summed E-state index contributed by atoms with van der Waals surface area (Å²) in [5.74, 6) is 0. The predicted molar refractivity (Wildman–Crippen MR) is 296 cm³/mol. The summed E-state index contributed by atoms with van der Waals surface area (Å²) in [6.45, 7) is 0. The molecule has 71 heavy (non-hydrogen) atoms. The Hall–Kier alpha value is -9.32. The van der Waals surface area contributed by atoms with Gasteiger partial charge in [-0.05, 0) is 156 Å². The van der Waals surface area contributed by atoms with Gasteiger partial charge in [0.15, 0.2) is 0 Å². The Morgan fingerprint density at radius 1 is 0.296 bits per heavy atom. The van der Waals surface area contributed by atoms with Gasteiger partial charge in [0.1, 0.15) is 22.3 Å². The lowest BCUT2D eigenvalue weighted by atomic mass is 9.89. The van der Waals surface area contributed by atoms with Crippen LogP contribution in [0.4, 0.5) is 34.1 Å². The number of fused-ring (bicyclic) bond motifs is 9. The van der Waals surface area contributed by atoms with E-state index in [9.17, 15) is 0 Å². The number of benzene rings is 10. The van der Waals surface area contributed by atoms with Gasteiger partial charge in [-0.2, -0.15) is 0 Å². The van der Waals surface area contributed by atoms with Crippen molar-refractivity contribution in [3.63, 3.8) is 0 Å².